The van der Waals surface area contributed by atoms with Gasteiger partial charge in [-0.1, -0.05) is 24.4 Å². The third kappa shape index (κ3) is 2.64. The molecule has 0 unspecified atom stereocenters. The molecule has 2 N–H and O–H groups in total. The van der Waals surface area contributed by atoms with Crippen LogP contribution in [0.25, 0.3) is 0 Å². The van der Waals surface area contributed by atoms with Gasteiger partial charge in [0.25, 0.3) is 0 Å². The Morgan fingerprint density at radius 2 is 2.29 bits per heavy atom. The van der Waals surface area contributed by atoms with Gasteiger partial charge in [0, 0.05) is 25.1 Å². The van der Waals surface area contributed by atoms with Gasteiger partial charge in [-0.2, -0.15) is 0 Å². The van der Waals surface area contributed by atoms with Crippen molar-refractivity contribution in [3.63, 3.8) is 0 Å². The van der Waals surface area contributed by atoms with Gasteiger partial charge in [0.15, 0.2) is 0 Å². The molecule has 0 bridgehead atoms. The van der Waals surface area contributed by atoms with Crippen LogP contribution < -0.4 is 5.73 Å². The highest BCUT2D eigenvalue weighted by atomic mass is 32.1. The summed E-state index contributed by atoms with van der Waals surface area (Å²) in [6.07, 6.45) is 1.66. The minimum absolute atomic E-state index is 0.253. The van der Waals surface area contributed by atoms with Gasteiger partial charge >= 0.3 is 0 Å². The average molecular weight is 248 g/mol. The molecule has 0 aromatic heterocycles. The molecule has 90 valence electrons. The summed E-state index contributed by atoms with van der Waals surface area (Å²) in [7, 11) is 0. The maximum absolute atomic E-state index is 11.6. The zero-order chi connectivity index (χ0) is 12.4. The fourth-order valence-electron chi connectivity index (χ4n) is 2.10. The summed E-state index contributed by atoms with van der Waals surface area (Å²) in [4.78, 5) is 13.9. The third-order valence-corrected chi connectivity index (χ3v) is 3.40. The van der Waals surface area contributed by atoms with Gasteiger partial charge in [-0.15, -0.1) is 0 Å². The van der Waals surface area contributed by atoms with Crippen molar-refractivity contribution in [2.45, 2.75) is 26.3 Å². The van der Waals surface area contributed by atoms with E-state index < -0.39 is 0 Å². The molecule has 1 saturated heterocycles. The van der Waals surface area contributed by atoms with Gasteiger partial charge in [-0.25, -0.2) is 0 Å². The van der Waals surface area contributed by atoms with E-state index in [9.17, 15) is 4.79 Å². The van der Waals surface area contributed by atoms with E-state index in [0.717, 1.165) is 24.1 Å². The van der Waals surface area contributed by atoms with Crippen molar-refractivity contribution < 1.29 is 4.79 Å². The van der Waals surface area contributed by atoms with Gasteiger partial charge in [-0.3, -0.25) is 4.79 Å². The summed E-state index contributed by atoms with van der Waals surface area (Å²) in [6, 6.07) is 5.92. The van der Waals surface area contributed by atoms with Crippen molar-refractivity contribution in [3.8, 4) is 0 Å². The number of thiocarbonyl (C=S) groups is 1. The second kappa shape index (κ2) is 4.84. The first kappa shape index (κ1) is 12.0. The van der Waals surface area contributed by atoms with Crippen LogP contribution in [0.1, 0.15) is 29.5 Å². The van der Waals surface area contributed by atoms with Crippen molar-refractivity contribution in [3.05, 3.63) is 34.9 Å². The molecule has 2 rings (SSSR count). The molecular weight excluding hydrogens is 232 g/mol. The lowest BCUT2D eigenvalue weighted by Gasteiger charge is -2.17. The minimum Gasteiger partial charge on any atom is -0.389 e. The largest absolute Gasteiger partial charge is 0.389 e. The van der Waals surface area contributed by atoms with Crippen LogP contribution in [0.15, 0.2) is 18.2 Å². The van der Waals surface area contributed by atoms with E-state index >= 15 is 0 Å². The van der Waals surface area contributed by atoms with Crippen LogP contribution in [0.4, 0.5) is 0 Å². The van der Waals surface area contributed by atoms with Crippen LogP contribution in [0.3, 0.4) is 0 Å². The summed E-state index contributed by atoms with van der Waals surface area (Å²) in [6.45, 7) is 3.59. The summed E-state index contributed by atoms with van der Waals surface area (Å²) < 4.78 is 0. The molecule has 1 aliphatic heterocycles. The molecule has 1 heterocycles. The average Bonchev–Trinajstić information content (AvgIpc) is 2.67. The normalized spacial score (nSPS) is 15.4. The Balaban J connectivity index is 2.16. The zero-order valence-corrected chi connectivity index (χ0v) is 10.7. The van der Waals surface area contributed by atoms with Gasteiger partial charge < -0.3 is 10.6 Å². The number of rotatable bonds is 3. The maximum Gasteiger partial charge on any atom is 0.222 e. The van der Waals surface area contributed by atoms with Crippen LogP contribution >= 0.6 is 12.2 Å². The lowest BCUT2D eigenvalue weighted by atomic mass is 10.0. The van der Waals surface area contributed by atoms with Crippen molar-refractivity contribution >= 4 is 23.1 Å². The number of carbonyl (C=O) groups excluding carboxylic acids is 1. The predicted molar refractivity (Wildman–Crippen MR) is 71.7 cm³/mol. The first-order valence-corrected chi connectivity index (χ1v) is 6.16. The fraction of sp³-hybridized carbons (Fsp3) is 0.385. The number of hydrogen-bond acceptors (Lipinski definition) is 2. The Morgan fingerprint density at radius 1 is 1.53 bits per heavy atom. The van der Waals surface area contributed by atoms with Crippen LogP contribution in [0, 0.1) is 6.92 Å². The number of amides is 1. The Morgan fingerprint density at radius 3 is 2.82 bits per heavy atom. The SMILES string of the molecule is Cc1cc(C(N)=S)ccc1CN1CCCC1=O. The van der Waals surface area contributed by atoms with Gasteiger partial charge in [0.2, 0.25) is 5.91 Å². The molecule has 0 saturated carbocycles. The predicted octanol–water partition coefficient (Wildman–Crippen LogP) is 1.75. The molecule has 3 nitrogen and oxygen atoms in total. The van der Waals surface area contributed by atoms with Crippen LogP contribution in [-0.2, 0) is 11.3 Å². The molecule has 4 heteroatoms. The van der Waals surface area contributed by atoms with E-state index in [1.165, 1.54) is 5.56 Å². The molecule has 1 aromatic carbocycles. The number of nitrogens with two attached hydrogens (primary N) is 1. The summed E-state index contributed by atoms with van der Waals surface area (Å²) >= 11 is 4.94. The standard InChI is InChI=1S/C13H16N2OS/c1-9-7-10(13(14)17)4-5-11(9)8-15-6-2-3-12(15)16/h4-5,7H,2-3,6,8H2,1H3,(H2,14,17). The third-order valence-electron chi connectivity index (χ3n) is 3.16. The first-order valence-electron chi connectivity index (χ1n) is 5.75. The lowest BCUT2D eigenvalue weighted by Crippen LogP contribution is -2.24. The Hall–Kier alpha value is -1.42. The number of aryl methyl sites for hydroxylation is 1. The molecule has 0 spiro atoms. The highest BCUT2D eigenvalue weighted by Gasteiger charge is 2.20. The van der Waals surface area contributed by atoms with Crippen LogP contribution in [0.5, 0.6) is 0 Å². The number of hydrogen-bond donors (Lipinski definition) is 1. The van der Waals surface area contributed by atoms with E-state index in [1.54, 1.807) is 0 Å². The quantitative estimate of drug-likeness (QED) is 0.829. The molecule has 17 heavy (non-hydrogen) atoms. The topological polar surface area (TPSA) is 46.3 Å². The molecule has 1 amide bonds. The van der Waals surface area contributed by atoms with Crippen molar-refractivity contribution in [2.75, 3.05) is 6.54 Å². The second-order valence-electron chi connectivity index (χ2n) is 4.42. The molecular formula is C13H16N2OS. The van der Waals surface area contributed by atoms with E-state index in [2.05, 4.69) is 0 Å². The first-order chi connectivity index (χ1) is 8.08. The van der Waals surface area contributed by atoms with E-state index in [-0.39, 0.29) is 5.91 Å². The number of likely N-dealkylation sites (tertiary alicyclic amines) is 1. The van der Waals surface area contributed by atoms with E-state index in [4.69, 9.17) is 18.0 Å². The van der Waals surface area contributed by atoms with Crippen molar-refractivity contribution in [1.29, 1.82) is 0 Å². The maximum atomic E-state index is 11.6. The van der Waals surface area contributed by atoms with Crippen LogP contribution in [0.2, 0.25) is 0 Å². The highest BCUT2D eigenvalue weighted by Crippen LogP contribution is 2.17. The van der Waals surface area contributed by atoms with Gasteiger partial charge in [-0.05, 0) is 30.5 Å². The molecule has 0 radical (unpaired) electrons. The fourth-order valence-corrected chi connectivity index (χ4v) is 2.23. The Kier molecular flexibility index (Phi) is 3.43. The molecule has 1 aromatic rings. The molecule has 0 aliphatic carbocycles. The number of benzene rings is 1. The molecule has 0 atom stereocenters. The molecule has 1 aliphatic rings. The van der Waals surface area contributed by atoms with Crippen molar-refractivity contribution in [1.82, 2.24) is 4.90 Å². The minimum atomic E-state index is 0.253. The zero-order valence-electron chi connectivity index (χ0n) is 9.90. The monoisotopic (exact) mass is 248 g/mol. The summed E-state index contributed by atoms with van der Waals surface area (Å²) in [5, 5.41) is 0. The van der Waals surface area contributed by atoms with Gasteiger partial charge in [0.05, 0.1) is 0 Å². The second-order valence-corrected chi connectivity index (χ2v) is 4.86. The van der Waals surface area contributed by atoms with Crippen LogP contribution in [-0.4, -0.2) is 22.3 Å². The van der Waals surface area contributed by atoms with Crippen molar-refractivity contribution in [2.24, 2.45) is 5.73 Å². The Bertz CT molecular complexity index is 470. The molecule has 1 fully saturated rings. The van der Waals surface area contributed by atoms with E-state index in [0.29, 0.717) is 18.0 Å². The summed E-state index contributed by atoms with van der Waals surface area (Å²) in [5.74, 6) is 0.253. The number of carbonyl (C=O) groups is 1. The Labute approximate surface area is 107 Å². The highest BCUT2D eigenvalue weighted by molar-refractivity contribution is 7.80. The van der Waals surface area contributed by atoms with E-state index in [1.807, 2.05) is 30.0 Å². The van der Waals surface area contributed by atoms with Gasteiger partial charge in [0.1, 0.15) is 4.99 Å². The number of nitrogens with zero attached hydrogens (tertiary/aromatic N) is 1. The smallest absolute Gasteiger partial charge is 0.222 e. The lowest BCUT2D eigenvalue weighted by molar-refractivity contribution is -0.128. The summed E-state index contributed by atoms with van der Waals surface area (Å²) in [5.41, 5.74) is 8.77.